The molecule has 1 aromatic rings. The molecular weight excluding hydrogens is 176 g/mol. The second-order valence-corrected chi connectivity index (χ2v) is 2.19. The summed E-state index contributed by atoms with van der Waals surface area (Å²) in [5.74, 6) is -1.07. The van der Waals surface area contributed by atoms with Crippen LogP contribution in [0.25, 0.3) is 0 Å². The molecule has 68 valence electrons. The number of nitrogen functional groups attached to an aromatic ring is 1. The smallest absolute Gasteiger partial charge is 0.336 e. The number of benzene rings is 1. The van der Waals surface area contributed by atoms with Gasteiger partial charge in [0.15, 0.2) is 0 Å². The molecule has 6 heteroatoms. The molecule has 0 aliphatic carbocycles. The first kappa shape index (κ1) is 8.98. The quantitative estimate of drug-likeness (QED) is 0.410. The zero-order chi connectivity index (χ0) is 9.84. The van der Waals surface area contributed by atoms with Crippen molar-refractivity contribution in [3.05, 3.63) is 39.9 Å². The number of hydrogen-bond acceptors (Lipinski definition) is 5. The van der Waals surface area contributed by atoms with Gasteiger partial charge in [-0.05, 0) is 12.1 Å². The molecule has 6 nitrogen and oxygen atoms in total. The Morgan fingerprint density at radius 3 is 2.62 bits per heavy atom. The average molecular weight is 182 g/mol. The largest absolute Gasteiger partial charge is 0.398 e. The van der Waals surface area contributed by atoms with Crippen molar-refractivity contribution >= 4 is 11.7 Å². The number of anilines is 1. The Kier molecular flexibility index (Phi) is 2.44. The third-order valence-corrected chi connectivity index (χ3v) is 1.34. The lowest BCUT2D eigenvalue weighted by atomic mass is 10.2. The van der Waals surface area contributed by atoms with Crippen LogP contribution in [0, 0.1) is 10.1 Å². The van der Waals surface area contributed by atoms with Gasteiger partial charge in [-0.15, -0.1) is 10.1 Å². The number of nitrogens with zero attached hydrogens (tertiary/aromatic N) is 1. The Labute approximate surface area is 73.0 Å². The van der Waals surface area contributed by atoms with Crippen LogP contribution in [0.15, 0.2) is 24.3 Å². The minimum Gasteiger partial charge on any atom is -0.398 e. The van der Waals surface area contributed by atoms with E-state index in [4.69, 9.17) is 5.73 Å². The molecule has 0 atom stereocenters. The van der Waals surface area contributed by atoms with Crippen molar-refractivity contribution in [1.29, 1.82) is 0 Å². The summed E-state index contributed by atoms with van der Waals surface area (Å²) in [7, 11) is 0. The molecule has 0 heterocycles. The first-order chi connectivity index (χ1) is 6.11. The molecule has 0 radical (unpaired) electrons. The minimum absolute atomic E-state index is 0.0146. The second kappa shape index (κ2) is 3.53. The molecule has 1 aromatic carbocycles. The highest BCUT2D eigenvalue weighted by Crippen LogP contribution is 2.11. The summed E-state index contributed by atoms with van der Waals surface area (Å²) in [6, 6.07) is 5.95. The van der Waals surface area contributed by atoms with Crippen LogP contribution in [0.4, 0.5) is 5.69 Å². The lowest BCUT2D eigenvalue weighted by Crippen LogP contribution is -2.12. The van der Waals surface area contributed by atoms with Crippen LogP contribution in [0.1, 0.15) is 10.4 Å². The highest BCUT2D eigenvalue weighted by Gasteiger charge is 2.12. The molecule has 2 N–H and O–H groups in total. The van der Waals surface area contributed by atoms with Gasteiger partial charge in [0.05, 0.1) is 5.56 Å². The summed E-state index contributed by atoms with van der Waals surface area (Å²) in [6.07, 6.45) is 0. The Morgan fingerprint density at radius 2 is 2.08 bits per heavy atom. The molecule has 0 unspecified atom stereocenters. The monoisotopic (exact) mass is 182 g/mol. The fraction of sp³-hybridized carbons (Fsp3) is 0. The zero-order valence-corrected chi connectivity index (χ0v) is 6.47. The Morgan fingerprint density at radius 1 is 1.46 bits per heavy atom. The van der Waals surface area contributed by atoms with Crippen molar-refractivity contribution in [2.45, 2.75) is 0 Å². The minimum atomic E-state index is -1.17. The molecule has 0 amide bonds. The van der Waals surface area contributed by atoms with Gasteiger partial charge in [0.1, 0.15) is 0 Å². The average Bonchev–Trinajstić information content (AvgIpc) is 2.03. The number of rotatable bonds is 2. The predicted molar refractivity (Wildman–Crippen MR) is 43.3 cm³/mol. The summed E-state index contributed by atoms with van der Waals surface area (Å²) in [4.78, 5) is 24.5. The van der Waals surface area contributed by atoms with Crippen molar-refractivity contribution in [3.63, 3.8) is 0 Å². The summed E-state index contributed by atoms with van der Waals surface area (Å²) in [5.41, 5.74) is 5.51. The molecule has 0 saturated carbocycles. The maximum atomic E-state index is 10.9. The normalized spacial score (nSPS) is 9.23. The van der Waals surface area contributed by atoms with Gasteiger partial charge < -0.3 is 5.73 Å². The Bertz CT molecular complexity index is 350. The lowest BCUT2D eigenvalue weighted by Gasteiger charge is -2.00. The molecule has 0 aliphatic rings. The molecule has 0 saturated heterocycles. The molecule has 0 aliphatic heterocycles. The SMILES string of the molecule is Nc1ccccc1C(=O)O[N+](=O)[O-]. The molecule has 0 aromatic heterocycles. The van der Waals surface area contributed by atoms with E-state index < -0.39 is 11.1 Å². The maximum absolute atomic E-state index is 10.9. The standard InChI is InChI=1S/C7H6N2O4/c8-6-4-2-1-3-5(6)7(10)13-9(11)12/h1-4H,8H2. The fourth-order valence-corrected chi connectivity index (χ4v) is 0.800. The van der Waals surface area contributed by atoms with Crippen LogP contribution in [0.3, 0.4) is 0 Å². The van der Waals surface area contributed by atoms with Gasteiger partial charge in [0, 0.05) is 5.69 Å². The highest BCUT2D eigenvalue weighted by atomic mass is 17.0. The van der Waals surface area contributed by atoms with Gasteiger partial charge in [0.25, 0.3) is 0 Å². The first-order valence-electron chi connectivity index (χ1n) is 3.32. The van der Waals surface area contributed by atoms with E-state index in [1.165, 1.54) is 18.2 Å². The number of carbonyl (C=O) groups excluding carboxylic acids is 1. The Balaban J connectivity index is 2.89. The summed E-state index contributed by atoms with van der Waals surface area (Å²) >= 11 is 0. The molecular formula is C7H6N2O4. The first-order valence-corrected chi connectivity index (χ1v) is 3.32. The molecule has 0 spiro atoms. The van der Waals surface area contributed by atoms with Gasteiger partial charge in [0.2, 0.25) is 0 Å². The van der Waals surface area contributed by atoms with Crippen LogP contribution < -0.4 is 5.73 Å². The number of carbonyl (C=O) groups is 1. The molecule has 1 rings (SSSR count). The van der Waals surface area contributed by atoms with E-state index in [1.54, 1.807) is 6.07 Å². The van der Waals surface area contributed by atoms with E-state index in [-0.39, 0.29) is 11.3 Å². The van der Waals surface area contributed by atoms with E-state index in [9.17, 15) is 14.9 Å². The van der Waals surface area contributed by atoms with E-state index in [1.807, 2.05) is 0 Å². The summed E-state index contributed by atoms with van der Waals surface area (Å²) in [5, 5.41) is 8.64. The van der Waals surface area contributed by atoms with Crippen molar-refractivity contribution in [3.8, 4) is 0 Å². The highest BCUT2D eigenvalue weighted by molar-refractivity contribution is 5.94. The van der Waals surface area contributed by atoms with Crippen LogP contribution >= 0.6 is 0 Å². The van der Waals surface area contributed by atoms with Crippen molar-refractivity contribution in [1.82, 2.24) is 0 Å². The number of nitrogens with two attached hydrogens (primary N) is 1. The summed E-state index contributed by atoms with van der Waals surface area (Å²) in [6.45, 7) is 0. The predicted octanol–water partition coefficient (Wildman–Crippen LogP) is 0.617. The third-order valence-electron chi connectivity index (χ3n) is 1.34. The van der Waals surface area contributed by atoms with Gasteiger partial charge in [-0.1, -0.05) is 12.1 Å². The van der Waals surface area contributed by atoms with Gasteiger partial charge in [-0.2, -0.15) is 0 Å². The van der Waals surface area contributed by atoms with Crippen LogP contribution in [-0.2, 0) is 4.84 Å². The van der Waals surface area contributed by atoms with Gasteiger partial charge in [-0.3, -0.25) is 4.79 Å². The van der Waals surface area contributed by atoms with Gasteiger partial charge >= 0.3 is 11.1 Å². The molecule has 0 fully saturated rings. The van der Waals surface area contributed by atoms with E-state index in [0.29, 0.717) is 0 Å². The fourth-order valence-electron chi connectivity index (χ4n) is 0.800. The van der Waals surface area contributed by atoms with Crippen LogP contribution in [0.5, 0.6) is 0 Å². The zero-order valence-electron chi connectivity index (χ0n) is 6.47. The maximum Gasteiger partial charge on any atom is 0.336 e. The lowest BCUT2D eigenvalue weighted by molar-refractivity contribution is -0.727. The Hall–Kier alpha value is -2.11. The van der Waals surface area contributed by atoms with Crippen LogP contribution in [0.2, 0.25) is 0 Å². The van der Waals surface area contributed by atoms with Crippen molar-refractivity contribution in [2.24, 2.45) is 0 Å². The molecule has 13 heavy (non-hydrogen) atoms. The topological polar surface area (TPSA) is 95.5 Å². The van der Waals surface area contributed by atoms with E-state index >= 15 is 0 Å². The second-order valence-electron chi connectivity index (χ2n) is 2.19. The van der Waals surface area contributed by atoms with Crippen molar-refractivity contribution < 1.29 is 14.7 Å². The van der Waals surface area contributed by atoms with Crippen LogP contribution in [-0.4, -0.2) is 11.1 Å². The molecule has 0 bridgehead atoms. The van der Waals surface area contributed by atoms with Gasteiger partial charge in [-0.25, -0.2) is 4.84 Å². The van der Waals surface area contributed by atoms with E-state index in [2.05, 4.69) is 4.84 Å². The van der Waals surface area contributed by atoms with E-state index in [0.717, 1.165) is 0 Å². The number of hydrogen-bond donors (Lipinski definition) is 1. The third kappa shape index (κ3) is 2.16. The summed E-state index contributed by atoms with van der Waals surface area (Å²) < 4.78 is 0. The number of para-hydroxylation sites is 1. The van der Waals surface area contributed by atoms with Crippen molar-refractivity contribution in [2.75, 3.05) is 5.73 Å².